The van der Waals surface area contributed by atoms with Crippen LogP contribution in [-0.2, 0) is 30.2 Å². The second-order valence-electron chi connectivity index (χ2n) is 4.68. The first kappa shape index (κ1) is 15.6. The lowest BCUT2D eigenvalue weighted by atomic mass is 10.1. The molecular formula is C13H17FN4O2S. The standard InChI is InChI=1S/C13H17FN4O2S/c1-9-12(14)5-10(7-15)6-13(9)21(19,20)17-8-11-3-4-16-18(11)2/h3-6,17H,7-8,15H2,1-2H3. The number of hydrogen-bond donors (Lipinski definition) is 2. The Morgan fingerprint density at radius 3 is 2.71 bits per heavy atom. The van der Waals surface area contributed by atoms with Gasteiger partial charge < -0.3 is 5.73 Å². The predicted molar refractivity (Wildman–Crippen MR) is 76.3 cm³/mol. The van der Waals surface area contributed by atoms with Crippen molar-refractivity contribution in [2.24, 2.45) is 12.8 Å². The molecule has 3 N–H and O–H groups in total. The first-order valence-electron chi connectivity index (χ1n) is 6.31. The van der Waals surface area contributed by atoms with Crippen LogP contribution in [-0.4, -0.2) is 18.2 Å². The topological polar surface area (TPSA) is 90.0 Å². The molecule has 114 valence electrons. The maximum Gasteiger partial charge on any atom is 0.241 e. The van der Waals surface area contributed by atoms with Crippen LogP contribution < -0.4 is 10.5 Å². The number of aromatic nitrogens is 2. The van der Waals surface area contributed by atoms with E-state index in [-0.39, 0.29) is 23.5 Å². The van der Waals surface area contributed by atoms with Crippen LogP contribution >= 0.6 is 0 Å². The van der Waals surface area contributed by atoms with E-state index in [1.807, 2.05) is 0 Å². The van der Waals surface area contributed by atoms with Crippen molar-refractivity contribution < 1.29 is 12.8 Å². The van der Waals surface area contributed by atoms with E-state index in [1.54, 1.807) is 24.0 Å². The van der Waals surface area contributed by atoms with Crippen LogP contribution in [0.1, 0.15) is 16.8 Å². The van der Waals surface area contributed by atoms with E-state index in [1.165, 1.54) is 19.1 Å². The molecule has 0 saturated heterocycles. The van der Waals surface area contributed by atoms with Crippen molar-refractivity contribution in [3.8, 4) is 0 Å². The number of benzene rings is 1. The van der Waals surface area contributed by atoms with E-state index in [4.69, 9.17) is 5.73 Å². The molecule has 0 radical (unpaired) electrons. The fourth-order valence-corrected chi connectivity index (χ4v) is 3.23. The summed E-state index contributed by atoms with van der Waals surface area (Å²) in [6.07, 6.45) is 1.57. The van der Waals surface area contributed by atoms with Gasteiger partial charge in [0.2, 0.25) is 10.0 Å². The van der Waals surface area contributed by atoms with Crippen molar-refractivity contribution >= 4 is 10.0 Å². The average Bonchev–Trinajstić information content (AvgIpc) is 2.84. The number of aryl methyl sites for hydroxylation is 1. The minimum Gasteiger partial charge on any atom is -0.326 e. The van der Waals surface area contributed by atoms with Gasteiger partial charge >= 0.3 is 0 Å². The SMILES string of the molecule is Cc1c(F)cc(CN)cc1S(=O)(=O)NCc1ccnn1C. The molecule has 0 aliphatic carbocycles. The second kappa shape index (κ2) is 5.92. The fraction of sp³-hybridized carbons (Fsp3) is 0.308. The van der Waals surface area contributed by atoms with Crippen molar-refractivity contribution in [2.45, 2.75) is 24.9 Å². The smallest absolute Gasteiger partial charge is 0.241 e. The van der Waals surface area contributed by atoms with Gasteiger partial charge in [-0.3, -0.25) is 4.68 Å². The monoisotopic (exact) mass is 312 g/mol. The largest absolute Gasteiger partial charge is 0.326 e. The second-order valence-corrected chi connectivity index (χ2v) is 6.41. The Morgan fingerprint density at radius 2 is 2.14 bits per heavy atom. The first-order valence-corrected chi connectivity index (χ1v) is 7.79. The highest BCUT2D eigenvalue weighted by Crippen LogP contribution is 2.20. The number of nitrogens with one attached hydrogen (secondary N) is 1. The molecule has 2 aromatic rings. The Morgan fingerprint density at radius 1 is 1.43 bits per heavy atom. The molecule has 0 spiro atoms. The van der Waals surface area contributed by atoms with Crippen LogP contribution in [0.15, 0.2) is 29.3 Å². The molecule has 6 nitrogen and oxygen atoms in total. The number of nitrogens with zero attached hydrogens (tertiary/aromatic N) is 2. The minimum absolute atomic E-state index is 0.0709. The molecule has 1 aromatic heterocycles. The highest BCUT2D eigenvalue weighted by atomic mass is 32.2. The summed E-state index contributed by atoms with van der Waals surface area (Å²) < 4.78 is 42.4. The maximum absolute atomic E-state index is 13.8. The summed E-state index contributed by atoms with van der Waals surface area (Å²) in [5.74, 6) is -0.584. The summed E-state index contributed by atoms with van der Waals surface area (Å²) >= 11 is 0. The van der Waals surface area contributed by atoms with Crippen molar-refractivity contribution in [1.82, 2.24) is 14.5 Å². The lowest BCUT2D eigenvalue weighted by molar-refractivity contribution is 0.570. The molecule has 0 atom stereocenters. The van der Waals surface area contributed by atoms with Gasteiger partial charge in [0, 0.05) is 25.4 Å². The molecule has 0 fully saturated rings. The van der Waals surface area contributed by atoms with Gasteiger partial charge in [0.25, 0.3) is 0 Å². The maximum atomic E-state index is 13.8. The zero-order valence-corrected chi connectivity index (χ0v) is 12.6. The number of hydrogen-bond acceptors (Lipinski definition) is 4. The van der Waals surface area contributed by atoms with Crippen molar-refractivity contribution in [3.05, 3.63) is 47.0 Å². The third kappa shape index (κ3) is 3.29. The van der Waals surface area contributed by atoms with Crippen LogP contribution in [0, 0.1) is 12.7 Å². The summed E-state index contributed by atoms with van der Waals surface area (Å²) in [6, 6.07) is 4.34. The summed E-state index contributed by atoms with van der Waals surface area (Å²) in [5, 5.41) is 3.95. The van der Waals surface area contributed by atoms with Gasteiger partial charge in [-0.1, -0.05) is 0 Å². The molecular weight excluding hydrogens is 295 g/mol. The summed E-state index contributed by atoms with van der Waals surface area (Å²) in [4.78, 5) is -0.0925. The van der Waals surface area contributed by atoms with Crippen LogP contribution in [0.2, 0.25) is 0 Å². The lowest BCUT2D eigenvalue weighted by Crippen LogP contribution is -2.25. The zero-order chi connectivity index (χ0) is 15.6. The van der Waals surface area contributed by atoms with Gasteiger partial charge in [0.1, 0.15) is 5.82 Å². The van der Waals surface area contributed by atoms with E-state index >= 15 is 0 Å². The molecule has 0 unspecified atom stereocenters. The van der Waals surface area contributed by atoms with Crippen molar-refractivity contribution in [1.29, 1.82) is 0 Å². The number of halogens is 1. The van der Waals surface area contributed by atoms with Crippen molar-refractivity contribution in [2.75, 3.05) is 0 Å². The van der Waals surface area contributed by atoms with E-state index in [0.29, 0.717) is 11.3 Å². The van der Waals surface area contributed by atoms with Gasteiger partial charge in [-0.2, -0.15) is 5.10 Å². The highest BCUT2D eigenvalue weighted by Gasteiger charge is 2.20. The normalized spacial score (nSPS) is 11.8. The van der Waals surface area contributed by atoms with Gasteiger partial charge in [0.15, 0.2) is 0 Å². The summed E-state index contributed by atoms with van der Waals surface area (Å²) in [6.45, 7) is 1.57. The quantitative estimate of drug-likeness (QED) is 0.854. The number of sulfonamides is 1. The Bertz CT molecular complexity index is 756. The van der Waals surface area contributed by atoms with E-state index in [9.17, 15) is 12.8 Å². The predicted octanol–water partition coefficient (Wildman–Crippen LogP) is 0.805. The van der Waals surface area contributed by atoms with Crippen LogP contribution in [0.25, 0.3) is 0 Å². The lowest BCUT2D eigenvalue weighted by Gasteiger charge is -2.11. The van der Waals surface area contributed by atoms with Gasteiger partial charge in [-0.25, -0.2) is 17.5 Å². The highest BCUT2D eigenvalue weighted by molar-refractivity contribution is 7.89. The molecule has 2 rings (SSSR count). The molecule has 0 aliphatic heterocycles. The van der Waals surface area contributed by atoms with E-state index in [2.05, 4.69) is 9.82 Å². The third-order valence-electron chi connectivity index (χ3n) is 3.25. The Kier molecular flexibility index (Phi) is 4.40. The molecule has 0 amide bonds. The summed E-state index contributed by atoms with van der Waals surface area (Å²) in [7, 11) is -2.11. The molecule has 8 heteroatoms. The molecule has 0 saturated carbocycles. The third-order valence-corrected chi connectivity index (χ3v) is 4.77. The van der Waals surface area contributed by atoms with Crippen LogP contribution in [0.5, 0.6) is 0 Å². The molecule has 0 aliphatic rings. The minimum atomic E-state index is -3.83. The fourth-order valence-electron chi connectivity index (χ4n) is 1.93. The Labute approximate surface area is 122 Å². The number of nitrogens with two attached hydrogens (primary N) is 1. The van der Waals surface area contributed by atoms with Gasteiger partial charge in [-0.15, -0.1) is 0 Å². The molecule has 21 heavy (non-hydrogen) atoms. The average molecular weight is 312 g/mol. The molecule has 0 bridgehead atoms. The summed E-state index contributed by atoms with van der Waals surface area (Å²) in [5.41, 5.74) is 6.66. The molecule has 1 aromatic carbocycles. The van der Waals surface area contributed by atoms with Gasteiger partial charge in [0.05, 0.1) is 17.1 Å². The number of rotatable bonds is 5. The Hall–Kier alpha value is -1.77. The van der Waals surface area contributed by atoms with E-state index in [0.717, 1.165) is 0 Å². The van der Waals surface area contributed by atoms with E-state index < -0.39 is 15.8 Å². The Balaban J connectivity index is 2.31. The van der Waals surface area contributed by atoms with Crippen LogP contribution in [0.3, 0.4) is 0 Å². The molecule has 1 heterocycles. The first-order chi connectivity index (χ1) is 9.85. The van der Waals surface area contributed by atoms with Crippen LogP contribution in [0.4, 0.5) is 4.39 Å². The zero-order valence-electron chi connectivity index (χ0n) is 11.8. The van der Waals surface area contributed by atoms with Crippen molar-refractivity contribution in [3.63, 3.8) is 0 Å². The van der Waals surface area contributed by atoms with Gasteiger partial charge in [-0.05, 0) is 30.7 Å².